The summed E-state index contributed by atoms with van der Waals surface area (Å²) < 4.78 is 4.48. The second-order valence-electron chi connectivity index (χ2n) is 2.26. The van der Waals surface area contributed by atoms with Crippen LogP contribution in [-0.2, 0) is 16.0 Å². The van der Waals surface area contributed by atoms with Crippen LogP contribution in [0.1, 0.15) is 5.56 Å². The molecule has 0 saturated carbocycles. The summed E-state index contributed by atoms with van der Waals surface area (Å²) in [5, 5.41) is 0.524. The maximum Gasteiger partial charge on any atom is 0.310 e. The van der Waals surface area contributed by atoms with Gasteiger partial charge in [-0.25, -0.2) is 0 Å². The fourth-order valence-electron chi connectivity index (χ4n) is 0.791. The smallest absolute Gasteiger partial charge is 0.310 e. The number of hydrogen-bond donors (Lipinski definition) is 0. The number of nitrogens with zero attached hydrogens (tertiary/aromatic N) is 1. The van der Waals surface area contributed by atoms with E-state index >= 15 is 0 Å². The van der Waals surface area contributed by atoms with Crippen molar-refractivity contribution in [1.29, 1.82) is 0 Å². The molecule has 0 bridgehead atoms. The molecule has 12 heavy (non-hydrogen) atoms. The molecule has 0 N–H and O–H groups in total. The van der Waals surface area contributed by atoms with Crippen molar-refractivity contribution in [2.45, 2.75) is 6.42 Å². The molecule has 0 saturated heterocycles. The summed E-state index contributed by atoms with van der Waals surface area (Å²) in [6, 6.07) is 1.69. The van der Waals surface area contributed by atoms with Crippen LogP contribution in [0, 0.1) is 0 Å². The number of methoxy groups -OCH3 is 1. The molecule has 0 aliphatic rings. The molecule has 0 atom stereocenters. The average molecular weight is 186 g/mol. The number of halogens is 1. The summed E-state index contributed by atoms with van der Waals surface area (Å²) in [5.41, 5.74) is 0.759. The van der Waals surface area contributed by atoms with E-state index in [0.717, 1.165) is 5.56 Å². The van der Waals surface area contributed by atoms with Crippen molar-refractivity contribution < 1.29 is 9.53 Å². The van der Waals surface area contributed by atoms with Gasteiger partial charge < -0.3 is 4.74 Å². The van der Waals surface area contributed by atoms with Crippen LogP contribution in [0.15, 0.2) is 18.5 Å². The van der Waals surface area contributed by atoms with Gasteiger partial charge in [0.2, 0.25) is 0 Å². The van der Waals surface area contributed by atoms with Gasteiger partial charge in [-0.1, -0.05) is 11.6 Å². The number of pyridine rings is 1. The monoisotopic (exact) mass is 185 g/mol. The third-order valence-electron chi connectivity index (χ3n) is 1.34. The van der Waals surface area contributed by atoms with Crippen LogP contribution in [0.5, 0.6) is 0 Å². The molecule has 1 aromatic rings. The minimum Gasteiger partial charge on any atom is -0.469 e. The first-order valence-corrected chi connectivity index (χ1v) is 3.76. The maximum absolute atomic E-state index is 10.8. The molecule has 0 spiro atoms. The van der Waals surface area contributed by atoms with E-state index in [-0.39, 0.29) is 12.4 Å². The van der Waals surface area contributed by atoms with Gasteiger partial charge in [-0.05, 0) is 11.6 Å². The lowest BCUT2D eigenvalue weighted by Gasteiger charge is -1.98. The SMILES string of the molecule is COC(=O)Cc1cncc(Cl)c1. The van der Waals surface area contributed by atoms with Gasteiger partial charge in [0.1, 0.15) is 0 Å². The van der Waals surface area contributed by atoms with Crippen molar-refractivity contribution in [1.82, 2.24) is 4.98 Å². The minimum absolute atomic E-state index is 0.212. The molecule has 64 valence electrons. The maximum atomic E-state index is 10.8. The zero-order valence-electron chi connectivity index (χ0n) is 6.58. The molecule has 0 amide bonds. The lowest BCUT2D eigenvalue weighted by Crippen LogP contribution is -2.04. The van der Waals surface area contributed by atoms with Gasteiger partial charge in [-0.2, -0.15) is 0 Å². The van der Waals surface area contributed by atoms with Crippen LogP contribution in [0.3, 0.4) is 0 Å². The third-order valence-corrected chi connectivity index (χ3v) is 1.54. The highest BCUT2D eigenvalue weighted by molar-refractivity contribution is 6.30. The first kappa shape index (κ1) is 9.00. The average Bonchev–Trinajstić information content (AvgIpc) is 2.04. The first-order chi connectivity index (χ1) is 5.72. The number of carbonyl (C=O) groups is 1. The Hall–Kier alpha value is -1.09. The molecular weight excluding hydrogens is 178 g/mol. The fraction of sp³-hybridized carbons (Fsp3) is 0.250. The molecular formula is C8H8ClNO2. The Morgan fingerprint density at radius 3 is 3.00 bits per heavy atom. The van der Waals surface area contributed by atoms with E-state index in [1.54, 1.807) is 12.3 Å². The summed E-state index contributed by atoms with van der Waals surface area (Å²) in [7, 11) is 1.35. The van der Waals surface area contributed by atoms with Crippen LogP contribution in [0.4, 0.5) is 0 Å². The highest BCUT2D eigenvalue weighted by atomic mass is 35.5. The van der Waals surface area contributed by atoms with Gasteiger partial charge in [0.05, 0.1) is 18.6 Å². The van der Waals surface area contributed by atoms with Crippen molar-refractivity contribution in [3.63, 3.8) is 0 Å². The predicted molar refractivity (Wildman–Crippen MR) is 45.0 cm³/mol. The fourth-order valence-corrected chi connectivity index (χ4v) is 0.988. The van der Waals surface area contributed by atoms with Crippen molar-refractivity contribution in [3.8, 4) is 0 Å². The Labute approximate surface area is 75.3 Å². The Kier molecular flexibility index (Phi) is 3.05. The predicted octanol–water partition coefficient (Wildman–Crippen LogP) is 1.45. The van der Waals surface area contributed by atoms with E-state index in [9.17, 15) is 4.79 Å². The molecule has 1 rings (SSSR count). The standard InChI is InChI=1S/C8H8ClNO2/c1-12-8(11)3-6-2-7(9)5-10-4-6/h2,4-5H,3H2,1H3. The van der Waals surface area contributed by atoms with E-state index in [4.69, 9.17) is 11.6 Å². The van der Waals surface area contributed by atoms with E-state index in [0.29, 0.717) is 5.02 Å². The molecule has 4 heteroatoms. The molecule has 0 aliphatic heterocycles. The van der Waals surface area contributed by atoms with Gasteiger partial charge >= 0.3 is 5.97 Å². The number of esters is 1. The summed E-state index contributed by atoms with van der Waals surface area (Å²) in [4.78, 5) is 14.6. The zero-order valence-corrected chi connectivity index (χ0v) is 7.34. The highest BCUT2D eigenvalue weighted by Gasteiger charge is 2.02. The first-order valence-electron chi connectivity index (χ1n) is 3.38. The number of ether oxygens (including phenoxy) is 1. The van der Waals surface area contributed by atoms with Crippen LogP contribution in [-0.4, -0.2) is 18.1 Å². The molecule has 0 radical (unpaired) electrons. The van der Waals surface area contributed by atoms with Gasteiger partial charge in [0, 0.05) is 12.4 Å². The van der Waals surface area contributed by atoms with Gasteiger partial charge in [0.25, 0.3) is 0 Å². The molecule has 0 aliphatic carbocycles. The molecule has 1 heterocycles. The van der Waals surface area contributed by atoms with Crippen LogP contribution in [0.25, 0.3) is 0 Å². The van der Waals surface area contributed by atoms with Gasteiger partial charge in [-0.3, -0.25) is 9.78 Å². The minimum atomic E-state index is -0.293. The van der Waals surface area contributed by atoms with Crippen molar-refractivity contribution in [3.05, 3.63) is 29.0 Å². The summed E-state index contributed by atoms with van der Waals surface area (Å²) in [6.45, 7) is 0. The Morgan fingerprint density at radius 1 is 1.67 bits per heavy atom. The van der Waals surface area contributed by atoms with Crippen molar-refractivity contribution in [2.75, 3.05) is 7.11 Å². The number of carbonyl (C=O) groups excluding carboxylic acids is 1. The lowest BCUT2D eigenvalue weighted by atomic mass is 10.2. The van der Waals surface area contributed by atoms with Gasteiger partial charge in [-0.15, -0.1) is 0 Å². The number of rotatable bonds is 2. The van der Waals surface area contributed by atoms with Crippen LogP contribution in [0.2, 0.25) is 5.02 Å². The molecule has 3 nitrogen and oxygen atoms in total. The lowest BCUT2D eigenvalue weighted by molar-refractivity contribution is -0.139. The quantitative estimate of drug-likeness (QED) is 0.655. The van der Waals surface area contributed by atoms with Gasteiger partial charge in [0.15, 0.2) is 0 Å². The molecule has 0 aromatic carbocycles. The Balaban J connectivity index is 2.69. The van der Waals surface area contributed by atoms with Crippen LogP contribution >= 0.6 is 11.6 Å². The largest absolute Gasteiger partial charge is 0.469 e. The van der Waals surface area contributed by atoms with E-state index < -0.39 is 0 Å². The Morgan fingerprint density at radius 2 is 2.42 bits per heavy atom. The van der Waals surface area contributed by atoms with E-state index in [2.05, 4.69) is 9.72 Å². The van der Waals surface area contributed by atoms with Crippen molar-refractivity contribution in [2.24, 2.45) is 0 Å². The summed E-state index contributed by atoms with van der Waals surface area (Å²) in [6.07, 6.45) is 3.31. The number of aromatic nitrogens is 1. The zero-order chi connectivity index (χ0) is 8.97. The van der Waals surface area contributed by atoms with Crippen molar-refractivity contribution >= 4 is 17.6 Å². The second kappa shape index (κ2) is 4.07. The number of hydrogen-bond acceptors (Lipinski definition) is 3. The molecule has 0 fully saturated rings. The topological polar surface area (TPSA) is 39.2 Å². The normalized spacial score (nSPS) is 9.50. The van der Waals surface area contributed by atoms with E-state index in [1.807, 2.05) is 0 Å². The molecule has 0 unspecified atom stereocenters. The summed E-state index contributed by atoms with van der Waals surface area (Å²) >= 11 is 5.66. The third kappa shape index (κ3) is 2.51. The van der Waals surface area contributed by atoms with E-state index in [1.165, 1.54) is 13.3 Å². The highest BCUT2D eigenvalue weighted by Crippen LogP contribution is 2.08. The second-order valence-corrected chi connectivity index (χ2v) is 2.70. The van der Waals surface area contributed by atoms with Crippen LogP contribution < -0.4 is 0 Å². The summed E-state index contributed by atoms with van der Waals surface area (Å²) in [5.74, 6) is -0.293. The Bertz CT molecular complexity index is 288. The molecule has 1 aromatic heterocycles.